The predicted molar refractivity (Wildman–Crippen MR) is 142 cm³/mol. The number of hydrogen-bond acceptors (Lipinski definition) is 9. The van der Waals surface area contributed by atoms with Crippen LogP contribution in [-0.4, -0.2) is 92.9 Å². The molecular weight excluding hydrogens is 504 g/mol. The first-order chi connectivity index (χ1) is 16.8. The van der Waals surface area contributed by atoms with Gasteiger partial charge in [0.1, 0.15) is 18.5 Å². The average Bonchev–Trinajstić information content (AvgIpc) is 2.87. The second-order valence-corrected chi connectivity index (χ2v) is 10.2. The molecule has 4 rings (SSSR count). The van der Waals surface area contributed by atoms with Crippen molar-refractivity contribution in [2.45, 2.75) is 6.10 Å². The van der Waals surface area contributed by atoms with Crippen molar-refractivity contribution in [1.29, 1.82) is 0 Å². The average molecular weight is 535 g/mol. The van der Waals surface area contributed by atoms with Crippen LogP contribution in [0.3, 0.4) is 0 Å². The summed E-state index contributed by atoms with van der Waals surface area (Å²) in [5, 5.41) is 2.34. The summed E-state index contributed by atoms with van der Waals surface area (Å²) in [5.74, 6) is -0.877. The molecule has 0 aliphatic carbocycles. The van der Waals surface area contributed by atoms with Crippen LogP contribution >= 0.6 is 13.5 Å². The lowest BCUT2D eigenvalue weighted by molar-refractivity contribution is -0.118. The molecule has 13 heteroatoms. The number of ether oxygens (including phenoxy) is 2. The largest absolute Gasteiger partial charge is 0.473 e. The molecule has 0 spiro atoms. The Hall–Kier alpha value is -3.00. The van der Waals surface area contributed by atoms with Gasteiger partial charge >= 0.3 is 0 Å². The van der Waals surface area contributed by atoms with Crippen molar-refractivity contribution in [2.75, 3.05) is 58.1 Å². The number of benzene rings is 1. The van der Waals surface area contributed by atoms with Gasteiger partial charge in [-0.2, -0.15) is 17.8 Å². The highest BCUT2D eigenvalue weighted by Gasteiger charge is 2.31. The Morgan fingerprint density at radius 1 is 1.22 bits per heavy atom. The van der Waals surface area contributed by atoms with E-state index in [4.69, 9.17) is 9.47 Å². The van der Waals surface area contributed by atoms with Crippen molar-refractivity contribution < 1.29 is 22.7 Å². The molecule has 1 atom stereocenters. The number of carbonyl (C=O) groups excluding carboxylic acids is 1. The lowest BCUT2D eigenvalue weighted by Crippen LogP contribution is -2.49. The van der Waals surface area contributed by atoms with Crippen LogP contribution in [0.25, 0.3) is 22.3 Å². The van der Waals surface area contributed by atoms with E-state index in [1.54, 1.807) is 12.4 Å². The monoisotopic (exact) mass is 534 g/mol. The highest BCUT2D eigenvalue weighted by Crippen LogP contribution is 2.28. The van der Waals surface area contributed by atoms with Crippen molar-refractivity contribution in [3.8, 4) is 17.1 Å². The van der Waals surface area contributed by atoms with E-state index >= 15 is 0 Å². The second-order valence-electron chi connectivity index (χ2n) is 8.27. The number of carbonyl (C=O) groups is 1. The van der Waals surface area contributed by atoms with Crippen LogP contribution in [0.15, 0.2) is 42.7 Å². The first-order valence-electron chi connectivity index (χ1n) is 11.1. The number of morpholine rings is 1. The number of sulfonamides is 1. The Kier molecular flexibility index (Phi) is 9.06. The number of hydrogen-bond donors (Lipinski definition) is 1. The third-order valence-electron chi connectivity index (χ3n) is 5.60. The molecule has 3 heterocycles. The van der Waals surface area contributed by atoms with E-state index in [1.807, 2.05) is 49.3 Å². The van der Waals surface area contributed by atoms with Crippen molar-refractivity contribution in [3.05, 3.63) is 42.7 Å². The molecule has 0 unspecified atom stereocenters. The van der Waals surface area contributed by atoms with E-state index in [-0.39, 0.29) is 45.7 Å². The topological polar surface area (TPSA) is 127 Å². The van der Waals surface area contributed by atoms with E-state index in [0.29, 0.717) is 16.7 Å². The van der Waals surface area contributed by atoms with Gasteiger partial charge in [-0.3, -0.25) is 9.78 Å². The molecule has 2 aromatic heterocycles. The lowest BCUT2D eigenvalue weighted by Gasteiger charge is -2.31. The van der Waals surface area contributed by atoms with Crippen molar-refractivity contribution in [3.63, 3.8) is 0 Å². The van der Waals surface area contributed by atoms with Crippen LogP contribution in [0.1, 0.15) is 0 Å². The van der Waals surface area contributed by atoms with Gasteiger partial charge in [0.25, 0.3) is 0 Å². The Bertz CT molecular complexity index is 1300. The zero-order valence-corrected chi connectivity index (χ0v) is 22.2. The first kappa shape index (κ1) is 27.6. The van der Waals surface area contributed by atoms with Gasteiger partial charge in [0, 0.05) is 57.9 Å². The fourth-order valence-corrected chi connectivity index (χ4v) is 5.07. The molecule has 194 valence electrons. The minimum Gasteiger partial charge on any atom is -0.473 e. The number of nitrogens with one attached hydrogen (secondary N) is 1. The number of pyridine rings is 1. The minimum absolute atomic E-state index is 0. The molecule has 11 nitrogen and oxygen atoms in total. The predicted octanol–water partition coefficient (Wildman–Crippen LogP) is 1.03. The standard InChI is InChI=1S/C23H28N6O5S.H2S/c1-24-21(30)15-35(31,32)29-10-11-33-18(13-29)14-34-23-22-20(25-8-9-26-22)12-19(27-23)16-4-6-17(7-5-16)28(2)3;/h4-9,12,18H,10-11,13-15H2,1-3H3,(H,24,30);1H2/t18-;/m0./s1. The van der Waals surface area contributed by atoms with Gasteiger partial charge in [-0.25, -0.2) is 18.4 Å². The van der Waals surface area contributed by atoms with E-state index in [9.17, 15) is 13.2 Å². The lowest BCUT2D eigenvalue weighted by atomic mass is 10.1. The number of anilines is 1. The molecule has 1 amide bonds. The summed E-state index contributed by atoms with van der Waals surface area (Å²) < 4.78 is 38.1. The van der Waals surface area contributed by atoms with E-state index in [1.165, 1.54) is 11.4 Å². The highest BCUT2D eigenvalue weighted by molar-refractivity contribution is 7.89. The Morgan fingerprint density at radius 2 is 1.94 bits per heavy atom. The van der Waals surface area contributed by atoms with Gasteiger partial charge < -0.3 is 19.7 Å². The van der Waals surface area contributed by atoms with Crippen molar-refractivity contribution >= 4 is 46.1 Å². The number of rotatable bonds is 8. The Balaban J connectivity index is 0.00000361. The summed E-state index contributed by atoms with van der Waals surface area (Å²) in [4.78, 5) is 27.0. The molecule has 36 heavy (non-hydrogen) atoms. The van der Waals surface area contributed by atoms with Crippen LogP contribution < -0.4 is 15.0 Å². The summed E-state index contributed by atoms with van der Waals surface area (Å²) >= 11 is 0. The zero-order valence-electron chi connectivity index (χ0n) is 20.3. The molecule has 3 aromatic rings. The van der Waals surface area contributed by atoms with Crippen LogP contribution in [0, 0.1) is 0 Å². The fourth-order valence-electron chi connectivity index (χ4n) is 3.67. The first-order valence-corrected chi connectivity index (χ1v) is 12.7. The SMILES string of the molecule is CNC(=O)CS(=O)(=O)N1CCO[C@H](COc2nc(-c3ccc(N(C)C)cc3)cc3nccnc23)C1.S. The van der Waals surface area contributed by atoms with Crippen LogP contribution in [0.5, 0.6) is 5.88 Å². The molecule has 0 radical (unpaired) electrons. The molecule has 0 bridgehead atoms. The van der Waals surface area contributed by atoms with E-state index < -0.39 is 27.8 Å². The molecule has 1 saturated heterocycles. The van der Waals surface area contributed by atoms with Crippen LogP contribution in [-0.2, 0) is 19.6 Å². The number of aromatic nitrogens is 3. The van der Waals surface area contributed by atoms with E-state index in [0.717, 1.165) is 11.3 Å². The quantitative estimate of drug-likeness (QED) is 0.451. The molecule has 1 fully saturated rings. The molecule has 1 aliphatic heterocycles. The summed E-state index contributed by atoms with van der Waals surface area (Å²) in [7, 11) is 1.60. The molecule has 1 aromatic carbocycles. The smallest absolute Gasteiger partial charge is 0.242 e. The third-order valence-corrected chi connectivity index (χ3v) is 7.34. The van der Waals surface area contributed by atoms with E-state index in [2.05, 4.69) is 20.3 Å². The van der Waals surface area contributed by atoms with Crippen LogP contribution in [0.4, 0.5) is 5.69 Å². The summed E-state index contributed by atoms with van der Waals surface area (Å²) in [6.45, 7) is 0.524. The van der Waals surface area contributed by atoms with Crippen molar-refractivity contribution in [2.24, 2.45) is 0 Å². The second kappa shape index (κ2) is 11.8. The number of amides is 1. The molecular formula is C23H30N6O5S2. The maximum Gasteiger partial charge on any atom is 0.242 e. The summed E-state index contributed by atoms with van der Waals surface area (Å²) in [5.41, 5.74) is 3.77. The Labute approximate surface area is 217 Å². The summed E-state index contributed by atoms with van der Waals surface area (Å²) in [6, 6.07) is 9.81. The molecule has 1 N–H and O–H groups in total. The molecule has 1 aliphatic rings. The normalized spacial score (nSPS) is 16.2. The minimum atomic E-state index is -3.75. The van der Waals surface area contributed by atoms with Gasteiger partial charge in [0.15, 0.2) is 5.52 Å². The maximum atomic E-state index is 12.6. The highest BCUT2D eigenvalue weighted by atomic mass is 32.2. The van der Waals surface area contributed by atoms with Gasteiger partial charge in [-0.15, -0.1) is 0 Å². The number of fused-ring (bicyclic) bond motifs is 1. The fraction of sp³-hybridized carbons (Fsp3) is 0.391. The zero-order chi connectivity index (χ0) is 25.0. The number of nitrogens with zero attached hydrogens (tertiary/aromatic N) is 5. The third kappa shape index (κ3) is 6.40. The van der Waals surface area contributed by atoms with Gasteiger partial charge in [-0.05, 0) is 18.2 Å². The Morgan fingerprint density at radius 3 is 2.64 bits per heavy atom. The molecule has 0 saturated carbocycles. The van der Waals surface area contributed by atoms with Gasteiger partial charge in [-0.1, -0.05) is 12.1 Å². The van der Waals surface area contributed by atoms with Gasteiger partial charge in [0.2, 0.25) is 21.8 Å². The van der Waals surface area contributed by atoms with Crippen molar-refractivity contribution in [1.82, 2.24) is 24.6 Å². The van der Waals surface area contributed by atoms with Crippen LogP contribution in [0.2, 0.25) is 0 Å². The van der Waals surface area contributed by atoms with Gasteiger partial charge in [0.05, 0.1) is 17.8 Å². The summed E-state index contributed by atoms with van der Waals surface area (Å²) in [6.07, 6.45) is 2.64. The maximum absolute atomic E-state index is 12.6.